The molecule has 0 saturated heterocycles. The molecule has 0 aromatic heterocycles. The first-order valence-corrected chi connectivity index (χ1v) is 9.78. The third-order valence-corrected chi connectivity index (χ3v) is 5.71. The second-order valence-corrected chi connectivity index (χ2v) is 8.06. The average molecular weight is 372 g/mol. The van der Waals surface area contributed by atoms with Gasteiger partial charge in [-0.25, -0.2) is 4.79 Å². The van der Waals surface area contributed by atoms with Crippen molar-refractivity contribution in [2.45, 2.75) is 39.0 Å². The number of hydrogen-bond donors (Lipinski definition) is 0. The van der Waals surface area contributed by atoms with Gasteiger partial charge in [-0.3, -0.25) is 4.79 Å². The van der Waals surface area contributed by atoms with Crippen molar-refractivity contribution in [1.29, 1.82) is 0 Å². The highest BCUT2D eigenvalue weighted by Gasteiger charge is 2.31. The maximum atomic E-state index is 12.5. The van der Waals surface area contributed by atoms with Gasteiger partial charge in [0.15, 0.2) is 5.78 Å². The SMILES string of the molecule is CCOC(=O)c1ccc2cc(-c3ccc4c(c3)C(=O)CCC4(C)C)ccc2c1. The largest absolute Gasteiger partial charge is 0.462 e. The lowest BCUT2D eigenvalue weighted by Crippen LogP contribution is -2.27. The van der Waals surface area contributed by atoms with E-state index in [-0.39, 0.29) is 17.2 Å². The van der Waals surface area contributed by atoms with Crippen LogP contribution in [0.3, 0.4) is 0 Å². The molecule has 0 heterocycles. The van der Waals surface area contributed by atoms with Gasteiger partial charge >= 0.3 is 5.97 Å². The summed E-state index contributed by atoms with van der Waals surface area (Å²) in [4.78, 5) is 24.4. The quantitative estimate of drug-likeness (QED) is 0.535. The number of hydrogen-bond acceptors (Lipinski definition) is 3. The smallest absolute Gasteiger partial charge is 0.338 e. The van der Waals surface area contributed by atoms with Crippen molar-refractivity contribution in [3.05, 3.63) is 71.3 Å². The third kappa shape index (κ3) is 3.22. The molecule has 28 heavy (non-hydrogen) atoms. The van der Waals surface area contributed by atoms with E-state index in [0.717, 1.165) is 39.4 Å². The highest BCUT2D eigenvalue weighted by atomic mass is 16.5. The maximum absolute atomic E-state index is 12.5. The monoisotopic (exact) mass is 372 g/mol. The second-order valence-electron chi connectivity index (χ2n) is 8.06. The Morgan fingerprint density at radius 2 is 1.64 bits per heavy atom. The highest BCUT2D eigenvalue weighted by Crippen LogP contribution is 2.38. The fourth-order valence-electron chi connectivity index (χ4n) is 4.01. The molecule has 3 heteroatoms. The Morgan fingerprint density at radius 3 is 2.43 bits per heavy atom. The number of esters is 1. The molecule has 1 aliphatic rings. The van der Waals surface area contributed by atoms with E-state index in [4.69, 9.17) is 4.74 Å². The zero-order valence-electron chi connectivity index (χ0n) is 16.5. The Bertz CT molecular complexity index is 1090. The number of ketones is 1. The summed E-state index contributed by atoms with van der Waals surface area (Å²) in [6, 6.07) is 18.0. The number of carbonyl (C=O) groups is 2. The zero-order valence-corrected chi connectivity index (χ0v) is 16.5. The minimum Gasteiger partial charge on any atom is -0.462 e. The van der Waals surface area contributed by atoms with Gasteiger partial charge in [-0.05, 0) is 70.5 Å². The predicted octanol–water partition coefficient (Wildman–Crippen LogP) is 5.94. The van der Waals surface area contributed by atoms with Gasteiger partial charge in [0.05, 0.1) is 12.2 Å². The van der Waals surface area contributed by atoms with Gasteiger partial charge in [-0.1, -0.05) is 44.2 Å². The molecule has 1 aliphatic carbocycles. The molecular weight excluding hydrogens is 348 g/mol. The van der Waals surface area contributed by atoms with Gasteiger partial charge in [-0.2, -0.15) is 0 Å². The lowest BCUT2D eigenvalue weighted by atomic mass is 9.72. The van der Waals surface area contributed by atoms with Crippen LogP contribution in [0.1, 0.15) is 59.9 Å². The molecule has 0 fully saturated rings. The number of fused-ring (bicyclic) bond motifs is 2. The minimum atomic E-state index is -0.302. The van der Waals surface area contributed by atoms with Crippen molar-refractivity contribution >= 4 is 22.5 Å². The predicted molar refractivity (Wildman–Crippen MR) is 112 cm³/mol. The Balaban J connectivity index is 1.74. The van der Waals surface area contributed by atoms with Crippen molar-refractivity contribution < 1.29 is 14.3 Å². The lowest BCUT2D eigenvalue weighted by molar-refractivity contribution is 0.0526. The van der Waals surface area contributed by atoms with Crippen molar-refractivity contribution in [3.8, 4) is 11.1 Å². The van der Waals surface area contributed by atoms with Crippen molar-refractivity contribution in [1.82, 2.24) is 0 Å². The van der Waals surface area contributed by atoms with Crippen LogP contribution in [0.4, 0.5) is 0 Å². The Hall–Kier alpha value is -2.94. The number of benzene rings is 3. The third-order valence-electron chi connectivity index (χ3n) is 5.71. The summed E-state index contributed by atoms with van der Waals surface area (Å²) in [5.41, 5.74) is 4.70. The van der Waals surface area contributed by atoms with Crippen LogP contribution in [-0.4, -0.2) is 18.4 Å². The van der Waals surface area contributed by atoms with Crippen molar-refractivity contribution in [2.75, 3.05) is 6.61 Å². The standard InChI is InChI=1S/C25H24O3/c1-4-28-24(27)20-8-7-16-13-17(5-6-18(16)14-20)19-9-10-22-21(15-19)23(26)11-12-25(22,2)3/h5-10,13-15H,4,11-12H2,1-3H3. The molecule has 3 aromatic rings. The zero-order chi connectivity index (χ0) is 19.9. The van der Waals surface area contributed by atoms with Gasteiger partial charge in [0.25, 0.3) is 0 Å². The summed E-state index contributed by atoms with van der Waals surface area (Å²) >= 11 is 0. The first-order chi connectivity index (χ1) is 13.4. The van der Waals surface area contributed by atoms with E-state index in [1.807, 2.05) is 30.3 Å². The van der Waals surface area contributed by atoms with Crippen molar-refractivity contribution in [2.24, 2.45) is 0 Å². The fraction of sp³-hybridized carbons (Fsp3) is 0.280. The number of Topliss-reactive ketones (excluding diaryl/α,β-unsaturated/α-hetero) is 1. The molecule has 0 aliphatic heterocycles. The van der Waals surface area contributed by atoms with Crippen LogP contribution in [0.15, 0.2) is 54.6 Å². The molecule has 142 valence electrons. The topological polar surface area (TPSA) is 43.4 Å². The van der Waals surface area contributed by atoms with Gasteiger partial charge in [0.2, 0.25) is 0 Å². The molecule has 3 aromatic carbocycles. The number of carbonyl (C=O) groups excluding carboxylic acids is 2. The first kappa shape index (κ1) is 18.4. The molecule has 0 amide bonds. The van der Waals surface area contributed by atoms with E-state index in [2.05, 4.69) is 32.0 Å². The van der Waals surface area contributed by atoms with Crippen LogP contribution in [-0.2, 0) is 10.2 Å². The van der Waals surface area contributed by atoms with E-state index in [9.17, 15) is 9.59 Å². The molecule has 0 spiro atoms. The van der Waals surface area contributed by atoms with Crippen molar-refractivity contribution in [3.63, 3.8) is 0 Å². The van der Waals surface area contributed by atoms with Gasteiger partial charge < -0.3 is 4.74 Å². The van der Waals surface area contributed by atoms with Gasteiger partial charge in [0.1, 0.15) is 0 Å². The Kier molecular flexibility index (Phi) is 4.54. The Morgan fingerprint density at radius 1 is 0.964 bits per heavy atom. The molecule has 0 unspecified atom stereocenters. The summed E-state index contributed by atoms with van der Waals surface area (Å²) in [6.45, 7) is 6.57. The second kappa shape index (κ2) is 6.90. The number of rotatable bonds is 3. The molecular formula is C25H24O3. The van der Waals surface area contributed by atoms with Gasteiger partial charge in [0, 0.05) is 12.0 Å². The van der Waals surface area contributed by atoms with E-state index in [1.54, 1.807) is 13.0 Å². The lowest BCUT2D eigenvalue weighted by Gasteiger charge is -2.32. The van der Waals surface area contributed by atoms with Crippen LogP contribution >= 0.6 is 0 Å². The van der Waals surface area contributed by atoms with E-state index in [1.165, 1.54) is 0 Å². The molecule has 0 saturated carbocycles. The molecule has 3 nitrogen and oxygen atoms in total. The van der Waals surface area contributed by atoms with Gasteiger partial charge in [-0.15, -0.1) is 0 Å². The molecule has 0 bridgehead atoms. The molecule has 0 N–H and O–H groups in total. The van der Waals surface area contributed by atoms with E-state index in [0.29, 0.717) is 18.6 Å². The molecule has 4 rings (SSSR count). The molecule has 0 radical (unpaired) electrons. The van der Waals surface area contributed by atoms with Crippen LogP contribution in [0, 0.1) is 0 Å². The van der Waals surface area contributed by atoms with Crippen LogP contribution in [0.2, 0.25) is 0 Å². The highest BCUT2D eigenvalue weighted by molar-refractivity contribution is 6.01. The fourth-order valence-corrected chi connectivity index (χ4v) is 4.01. The molecule has 0 atom stereocenters. The van der Waals surface area contributed by atoms with E-state index < -0.39 is 0 Å². The average Bonchev–Trinajstić information content (AvgIpc) is 2.70. The summed E-state index contributed by atoms with van der Waals surface area (Å²) in [6.07, 6.45) is 1.51. The summed E-state index contributed by atoms with van der Waals surface area (Å²) < 4.78 is 5.08. The van der Waals surface area contributed by atoms with Crippen LogP contribution in [0.25, 0.3) is 21.9 Å². The first-order valence-electron chi connectivity index (χ1n) is 9.78. The maximum Gasteiger partial charge on any atom is 0.338 e. The summed E-state index contributed by atoms with van der Waals surface area (Å²) in [5, 5.41) is 2.04. The Labute approximate surface area is 165 Å². The van der Waals surface area contributed by atoms with Crippen LogP contribution in [0.5, 0.6) is 0 Å². The minimum absolute atomic E-state index is 0.0364. The summed E-state index contributed by atoms with van der Waals surface area (Å²) in [7, 11) is 0. The normalized spacial score (nSPS) is 15.3. The van der Waals surface area contributed by atoms with E-state index >= 15 is 0 Å². The number of ether oxygens (including phenoxy) is 1. The summed E-state index contributed by atoms with van der Waals surface area (Å²) in [5.74, 6) is -0.0691. The van der Waals surface area contributed by atoms with Crippen LogP contribution < -0.4 is 0 Å².